The Morgan fingerprint density at radius 2 is 2.00 bits per heavy atom. The maximum Gasteiger partial charge on any atom is 0.327 e. The molecule has 2 saturated carbocycles. The van der Waals surface area contributed by atoms with Crippen LogP contribution in [0.1, 0.15) is 13.3 Å². The molecule has 2 aliphatic carbocycles. The Kier molecular flexibility index (Phi) is 1.72. The summed E-state index contributed by atoms with van der Waals surface area (Å²) in [4.78, 5) is 21.7. The molecule has 0 aromatic rings. The van der Waals surface area contributed by atoms with Crippen molar-refractivity contribution in [1.82, 2.24) is 0 Å². The Balaban J connectivity index is 2.35. The van der Waals surface area contributed by atoms with Crippen LogP contribution in [0.25, 0.3) is 0 Å². The van der Waals surface area contributed by atoms with Crippen molar-refractivity contribution < 1.29 is 24.2 Å². The van der Waals surface area contributed by atoms with E-state index in [0.717, 1.165) is 6.92 Å². The van der Waals surface area contributed by atoms with E-state index < -0.39 is 40.9 Å². The molecular formula is C9H12FNO4. The molecule has 84 valence electrons. The first kappa shape index (κ1) is 10.4. The summed E-state index contributed by atoms with van der Waals surface area (Å²) in [5.41, 5.74) is 1.47. The van der Waals surface area contributed by atoms with E-state index in [1.807, 2.05) is 0 Å². The van der Waals surface area contributed by atoms with Gasteiger partial charge in [0.05, 0.1) is 5.92 Å². The first-order chi connectivity index (χ1) is 6.73. The average molecular weight is 217 g/mol. The fourth-order valence-electron chi connectivity index (χ4n) is 2.91. The van der Waals surface area contributed by atoms with Crippen LogP contribution in [0.3, 0.4) is 0 Å². The normalized spacial score (nSPS) is 52.3. The van der Waals surface area contributed by atoms with Crippen LogP contribution < -0.4 is 5.73 Å². The summed E-state index contributed by atoms with van der Waals surface area (Å²) in [5, 5.41) is 17.7. The minimum Gasteiger partial charge on any atom is -0.481 e. The lowest BCUT2D eigenvalue weighted by atomic mass is 9.80. The molecule has 0 heterocycles. The smallest absolute Gasteiger partial charge is 0.327 e. The predicted molar refractivity (Wildman–Crippen MR) is 46.8 cm³/mol. The Bertz CT molecular complexity index is 356. The molecule has 0 aromatic carbocycles. The van der Waals surface area contributed by atoms with Gasteiger partial charge in [-0.1, -0.05) is 0 Å². The highest BCUT2D eigenvalue weighted by Crippen LogP contribution is 2.66. The second kappa shape index (κ2) is 2.49. The largest absolute Gasteiger partial charge is 0.481 e. The molecule has 5 atom stereocenters. The van der Waals surface area contributed by atoms with Gasteiger partial charge in [0.2, 0.25) is 0 Å². The molecule has 5 unspecified atom stereocenters. The summed E-state index contributed by atoms with van der Waals surface area (Å²) in [7, 11) is 0. The van der Waals surface area contributed by atoms with Crippen molar-refractivity contribution >= 4 is 11.9 Å². The SMILES string of the molecule is CC1(F)CC2C(C(=O)O)C2C1(N)C(=O)O. The van der Waals surface area contributed by atoms with Gasteiger partial charge in [0, 0.05) is 5.92 Å². The highest BCUT2D eigenvalue weighted by molar-refractivity contribution is 5.86. The third-order valence-electron chi connectivity index (χ3n) is 3.81. The van der Waals surface area contributed by atoms with Crippen molar-refractivity contribution in [3.63, 3.8) is 0 Å². The number of hydrogen-bond donors (Lipinski definition) is 3. The highest BCUT2D eigenvalue weighted by atomic mass is 19.1. The fourth-order valence-corrected chi connectivity index (χ4v) is 2.91. The molecule has 0 bridgehead atoms. The highest BCUT2D eigenvalue weighted by Gasteiger charge is 2.78. The third kappa shape index (κ3) is 0.998. The van der Waals surface area contributed by atoms with Crippen LogP contribution in [-0.2, 0) is 9.59 Å². The molecule has 5 nitrogen and oxygen atoms in total. The van der Waals surface area contributed by atoms with Gasteiger partial charge in [-0.3, -0.25) is 9.59 Å². The van der Waals surface area contributed by atoms with Crippen LogP contribution >= 0.6 is 0 Å². The Morgan fingerprint density at radius 1 is 1.47 bits per heavy atom. The molecule has 2 rings (SSSR count). The zero-order valence-electron chi connectivity index (χ0n) is 8.11. The van der Waals surface area contributed by atoms with E-state index in [9.17, 15) is 14.0 Å². The second-order valence-electron chi connectivity index (χ2n) is 4.63. The van der Waals surface area contributed by atoms with E-state index in [2.05, 4.69) is 0 Å². The molecule has 0 aliphatic heterocycles. The van der Waals surface area contributed by atoms with Crippen molar-refractivity contribution in [1.29, 1.82) is 0 Å². The van der Waals surface area contributed by atoms with Crippen molar-refractivity contribution in [3.05, 3.63) is 0 Å². The lowest BCUT2D eigenvalue weighted by Crippen LogP contribution is -2.62. The number of carbonyl (C=O) groups is 2. The molecule has 4 N–H and O–H groups in total. The number of aliphatic carboxylic acids is 2. The quantitative estimate of drug-likeness (QED) is 0.597. The zero-order valence-corrected chi connectivity index (χ0v) is 8.11. The van der Waals surface area contributed by atoms with Crippen molar-refractivity contribution in [2.24, 2.45) is 23.5 Å². The van der Waals surface area contributed by atoms with Crippen LogP contribution in [-0.4, -0.2) is 33.4 Å². The van der Waals surface area contributed by atoms with E-state index in [0.29, 0.717) is 0 Å². The van der Waals surface area contributed by atoms with E-state index in [1.54, 1.807) is 0 Å². The number of nitrogens with two attached hydrogens (primary N) is 1. The minimum atomic E-state index is -2.05. The van der Waals surface area contributed by atoms with Gasteiger partial charge in [-0.25, -0.2) is 4.39 Å². The van der Waals surface area contributed by atoms with Crippen molar-refractivity contribution in [3.8, 4) is 0 Å². The van der Waals surface area contributed by atoms with Crippen LogP contribution in [0.4, 0.5) is 4.39 Å². The molecular weight excluding hydrogens is 205 g/mol. The fraction of sp³-hybridized carbons (Fsp3) is 0.778. The standard InChI is InChI=1S/C9H12FNO4/c1-8(10)2-3-4(6(12)13)5(3)9(8,11)7(14)15/h3-5H,2,11H2,1H3,(H,12,13)(H,14,15). The van der Waals surface area contributed by atoms with Gasteiger partial charge in [-0.15, -0.1) is 0 Å². The number of halogens is 1. The number of hydrogen-bond acceptors (Lipinski definition) is 3. The van der Waals surface area contributed by atoms with Crippen LogP contribution in [0.15, 0.2) is 0 Å². The number of rotatable bonds is 2. The molecule has 0 radical (unpaired) electrons. The van der Waals surface area contributed by atoms with Gasteiger partial charge in [0.1, 0.15) is 5.67 Å². The van der Waals surface area contributed by atoms with Gasteiger partial charge in [0.25, 0.3) is 0 Å². The lowest BCUT2D eigenvalue weighted by Gasteiger charge is -2.33. The van der Waals surface area contributed by atoms with E-state index in [-0.39, 0.29) is 6.42 Å². The van der Waals surface area contributed by atoms with Gasteiger partial charge >= 0.3 is 11.9 Å². The first-order valence-electron chi connectivity index (χ1n) is 4.67. The maximum absolute atomic E-state index is 13.9. The number of carboxylic acid groups (broad SMARTS) is 2. The van der Waals surface area contributed by atoms with Crippen LogP contribution in [0.2, 0.25) is 0 Å². The first-order valence-corrected chi connectivity index (χ1v) is 4.67. The van der Waals surface area contributed by atoms with Crippen LogP contribution in [0, 0.1) is 17.8 Å². The Labute approximate surface area is 85.1 Å². The molecule has 0 spiro atoms. The zero-order chi connectivity index (χ0) is 11.6. The molecule has 6 heteroatoms. The number of carboxylic acids is 2. The Morgan fingerprint density at radius 3 is 2.40 bits per heavy atom. The maximum atomic E-state index is 13.9. The third-order valence-corrected chi connectivity index (χ3v) is 3.81. The summed E-state index contributed by atoms with van der Waals surface area (Å²) >= 11 is 0. The number of fused-ring (bicyclic) bond motifs is 1. The van der Waals surface area contributed by atoms with Gasteiger partial charge < -0.3 is 15.9 Å². The molecule has 2 fully saturated rings. The monoisotopic (exact) mass is 217 g/mol. The van der Waals surface area contributed by atoms with Gasteiger partial charge in [0.15, 0.2) is 5.54 Å². The summed E-state index contributed by atoms with van der Waals surface area (Å²) in [5.74, 6) is -4.55. The topological polar surface area (TPSA) is 101 Å². The summed E-state index contributed by atoms with van der Waals surface area (Å²) in [6.45, 7) is 1.13. The summed E-state index contributed by atoms with van der Waals surface area (Å²) < 4.78 is 13.9. The Hall–Kier alpha value is -1.17. The molecule has 2 aliphatic rings. The van der Waals surface area contributed by atoms with Gasteiger partial charge in [-0.2, -0.15) is 0 Å². The minimum absolute atomic E-state index is 0.0859. The molecule has 0 saturated heterocycles. The van der Waals surface area contributed by atoms with Gasteiger partial charge in [-0.05, 0) is 19.3 Å². The predicted octanol–water partition coefficient (Wildman–Crippen LogP) is -0.153. The van der Waals surface area contributed by atoms with E-state index in [4.69, 9.17) is 15.9 Å². The number of alkyl halides is 1. The molecule has 0 aromatic heterocycles. The average Bonchev–Trinajstić information content (AvgIpc) is 2.70. The molecule has 0 amide bonds. The summed E-state index contributed by atoms with van der Waals surface area (Å²) in [6.07, 6.45) is -0.0859. The van der Waals surface area contributed by atoms with Crippen molar-refractivity contribution in [2.75, 3.05) is 0 Å². The summed E-state index contributed by atoms with van der Waals surface area (Å²) in [6, 6.07) is 0. The van der Waals surface area contributed by atoms with E-state index in [1.165, 1.54) is 0 Å². The van der Waals surface area contributed by atoms with Crippen molar-refractivity contribution in [2.45, 2.75) is 24.6 Å². The lowest BCUT2D eigenvalue weighted by molar-refractivity contribution is -0.151. The van der Waals surface area contributed by atoms with E-state index >= 15 is 0 Å². The second-order valence-corrected chi connectivity index (χ2v) is 4.63. The molecule has 15 heavy (non-hydrogen) atoms. The van der Waals surface area contributed by atoms with Crippen LogP contribution in [0.5, 0.6) is 0 Å².